The van der Waals surface area contributed by atoms with Crippen LogP contribution in [-0.4, -0.2) is 39.8 Å². The molecule has 0 aliphatic rings. The number of hydrogen-bond donors (Lipinski definition) is 2. The quantitative estimate of drug-likeness (QED) is 0.684. The summed E-state index contributed by atoms with van der Waals surface area (Å²) >= 11 is 0. The molecule has 0 aromatic carbocycles. The molecule has 0 saturated heterocycles. The molecule has 1 aromatic rings. The third-order valence-corrected chi connectivity index (χ3v) is 2.51. The first-order valence-electron chi connectivity index (χ1n) is 6.42. The summed E-state index contributed by atoms with van der Waals surface area (Å²) in [5.74, 6) is -0.765. The second-order valence-electron chi connectivity index (χ2n) is 4.33. The summed E-state index contributed by atoms with van der Waals surface area (Å²) in [5.41, 5.74) is 0. The van der Waals surface area contributed by atoms with Crippen molar-refractivity contribution in [3.05, 3.63) is 11.7 Å². The molecule has 2 N–H and O–H groups in total. The number of carbonyl (C=O) groups excluding carboxylic acids is 1. The van der Waals surface area contributed by atoms with Gasteiger partial charge in [-0.1, -0.05) is 24.9 Å². The minimum atomic E-state index is -1.04. The molecule has 1 aromatic heterocycles. The van der Waals surface area contributed by atoms with Gasteiger partial charge >= 0.3 is 5.97 Å². The van der Waals surface area contributed by atoms with Crippen molar-refractivity contribution in [1.29, 1.82) is 0 Å². The zero-order valence-electron chi connectivity index (χ0n) is 11.6. The van der Waals surface area contributed by atoms with Gasteiger partial charge in [-0.25, -0.2) is 4.79 Å². The van der Waals surface area contributed by atoms with Gasteiger partial charge in [0.15, 0.2) is 5.82 Å². The van der Waals surface area contributed by atoms with E-state index in [0.717, 1.165) is 12.8 Å². The molecule has 1 rings (SSSR count). The first-order valence-corrected chi connectivity index (χ1v) is 6.42. The van der Waals surface area contributed by atoms with E-state index in [4.69, 9.17) is 14.4 Å². The van der Waals surface area contributed by atoms with Crippen LogP contribution >= 0.6 is 0 Å². The predicted octanol–water partition coefficient (Wildman–Crippen LogP) is 0.654. The molecule has 0 unspecified atom stereocenters. The summed E-state index contributed by atoms with van der Waals surface area (Å²) in [6.45, 7) is 3.39. The highest BCUT2D eigenvalue weighted by Crippen LogP contribution is 2.01. The molecule has 0 bridgehead atoms. The molecule has 0 saturated carbocycles. The molecule has 0 aliphatic carbocycles. The van der Waals surface area contributed by atoms with E-state index in [-0.39, 0.29) is 19.1 Å². The lowest BCUT2D eigenvalue weighted by atomic mass is 10.1. The molecular weight excluding hydrogens is 266 g/mol. The van der Waals surface area contributed by atoms with Gasteiger partial charge in [0.2, 0.25) is 5.91 Å². The topological polar surface area (TPSA) is 115 Å². The minimum absolute atomic E-state index is 0.0148. The predicted molar refractivity (Wildman–Crippen MR) is 67.8 cm³/mol. The molecule has 8 heteroatoms. The van der Waals surface area contributed by atoms with E-state index in [1.807, 2.05) is 6.92 Å². The summed E-state index contributed by atoms with van der Waals surface area (Å²) in [6.07, 6.45) is 2.01. The first kappa shape index (κ1) is 16.1. The fourth-order valence-electron chi connectivity index (χ4n) is 1.53. The van der Waals surface area contributed by atoms with E-state index in [2.05, 4.69) is 15.5 Å². The third-order valence-electron chi connectivity index (χ3n) is 2.51. The van der Waals surface area contributed by atoms with Crippen molar-refractivity contribution in [2.75, 3.05) is 6.61 Å². The molecule has 0 fully saturated rings. The Morgan fingerprint density at radius 3 is 2.80 bits per heavy atom. The van der Waals surface area contributed by atoms with E-state index < -0.39 is 17.9 Å². The van der Waals surface area contributed by atoms with Crippen LogP contribution in [0.3, 0.4) is 0 Å². The molecule has 1 atom stereocenters. The van der Waals surface area contributed by atoms with Gasteiger partial charge in [-0.2, -0.15) is 4.98 Å². The number of carbonyl (C=O) groups is 2. The van der Waals surface area contributed by atoms with Crippen LogP contribution < -0.4 is 5.32 Å². The van der Waals surface area contributed by atoms with Gasteiger partial charge in [0, 0.05) is 0 Å². The van der Waals surface area contributed by atoms with Crippen molar-refractivity contribution >= 4 is 11.9 Å². The summed E-state index contributed by atoms with van der Waals surface area (Å²) in [5, 5.41) is 15.0. The van der Waals surface area contributed by atoms with Gasteiger partial charge in [-0.15, -0.1) is 0 Å². The van der Waals surface area contributed by atoms with Gasteiger partial charge < -0.3 is 19.7 Å². The van der Waals surface area contributed by atoms with Crippen LogP contribution in [0.4, 0.5) is 0 Å². The molecule has 0 aliphatic heterocycles. The van der Waals surface area contributed by atoms with E-state index in [0.29, 0.717) is 12.2 Å². The number of unbranched alkanes of at least 4 members (excludes halogenated alkanes) is 1. The summed E-state index contributed by atoms with van der Waals surface area (Å²) in [7, 11) is 0. The number of aromatic nitrogens is 2. The number of nitrogens with zero attached hydrogens (tertiary/aromatic N) is 2. The van der Waals surface area contributed by atoms with Crippen molar-refractivity contribution in [3.8, 4) is 0 Å². The van der Waals surface area contributed by atoms with E-state index in [1.165, 1.54) is 0 Å². The lowest BCUT2D eigenvalue weighted by Crippen LogP contribution is -2.42. The number of carboxylic acid groups (broad SMARTS) is 1. The Morgan fingerprint density at radius 1 is 1.50 bits per heavy atom. The van der Waals surface area contributed by atoms with Gasteiger partial charge in [-0.3, -0.25) is 4.79 Å². The monoisotopic (exact) mass is 285 g/mol. The second-order valence-corrected chi connectivity index (χ2v) is 4.33. The number of hydrogen-bond acceptors (Lipinski definition) is 6. The zero-order chi connectivity index (χ0) is 15.0. The minimum Gasteiger partial charge on any atom is -0.480 e. The van der Waals surface area contributed by atoms with Crippen molar-refractivity contribution in [3.63, 3.8) is 0 Å². The fraction of sp³-hybridized carbons (Fsp3) is 0.667. The Bertz CT molecular complexity index is 446. The zero-order valence-corrected chi connectivity index (χ0v) is 11.6. The Balaban J connectivity index is 2.28. The maximum Gasteiger partial charge on any atom is 0.326 e. The van der Waals surface area contributed by atoms with Crippen LogP contribution in [0.25, 0.3) is 0 Å². The van der Waals surface area contributed by atoms with Crippen LogP contribution in [0.15, 0.2) is 4.52 Å². The molecule has 112 valence electrons. The Morgan fingerprint density at radius 2 is 2.25 bits per heavy atom. The Hall–Kier alpha value is -1.96. The van der Waals surface area contributed by atoms with Crippen molar-refractivity contribution in [1.82, 2.24) is 15.5 Å². The largest absolute Gasteiger partial charge is 0.480 e. The number of aryl methyl sites for hydroxylation is 1. The Labute approximate surface area is 116 Å². The van der Waals surface area contributed by atoms with E-state index in [1.54, 1.807) is 6.92 Å². The average molecular weight is 285 g/mol. The van der Waals surface area contributed by atoms with Gasteiger partial charge in [0.1, 0.15) is 19.3 Å². The first-order chi connectivity index (χ1) is 9.52. The number of carboxylic acids is 1. The summed E-state index contributed by atoms with van der Waals surface area (Å²) in [4.78, 5) is 26.4. The second kappa shape index (κ2) is 8.26. The molecule has 20 heavy (non-hydrogen) atoms. The number of nitrogens with one attached hydrogen (secondary N) is 1. The summed E-state index contributed by atoms with van der Waals surface area (Å²) in [6, 6.07) is -0.878. The van der Waals surface area contributed by atoms with Crippen molar-refractivity contribution in [2.45, 2.75) is 45.8 Å². The van der Waals surface area contributed by atoms with Crippen molar-refractivity contribution in [2.24, 2.45) is 0 Å². The fourth-order valence-corrected chi connectivity index (χ4v) is 1.53. The number of ether oxygens (including phenoxy) is 1. The van der Waals surface area contributed by atoms with Crippen LogP contribution in [-0.2, 0) is 20.9 Å². The van der Waals surface area contributed by atoms with Crippen LogP contribution in [0.2, 0.25) is 0 Å². The lowest BCUT2D eigenvalue weighted by Gasteiger charge is -2.13. The number of amides is 1. The highest BCUT2D eigenvalue weighted by atomic mass is 16.5. The molecule has 1 heterocycles. The molecular formula is C12H19N3O5. The number of aliphatic carboxylic acids is 1. The smallest absolute Gasteiger partial charge is 0.326 e. The van der Waals surface area contributed by atoms with Gasteiger partial charge in [0.25, 0.3) is 5.89 Å². The highest BCUT2D eigenvalue weighted by Gasteiger charge is 2.19. The molecule has 8 nitrogen and oxygen atoms in total. The maximum atomic E-state index is 11.6. The SMILES string of the molecule is CCCC[C@H](NC(=O)COCc1nc(C)no1)C(=O)O. The van der Waals surface area contributed by atoms with E-state index >= 15 is 0 Å². The molecule has 0 radical (unpaired) electrons. The highest BCUT2D eigenvalue weighted by molar-refractivity contribution is 5.84. The normalized spacial score (nSPS) is 12.1. The lowest BCUT2D eigenvalue weighted by molar-refractivity contribution is -0.142. The molecule has 0 spiro atoms. The molecule has 1 amide bonds. The standard InChI is InChI=1S/C12H19N3O5/c1-3-4-5-9(12(17)18)14-10(16)6-19-7-11-13-8(2)15-20-11/h9H,3-7H2,1-2H3,(H,14,16)(H,17,18)/t9-/m0/s1. The van der Waals surface area contributed by atoms with Crippen LogP contribution in [0.5, 0.6) is 0 Å². The Kier molecular flexibility index (Phi) is 6.65. The maximum absolute atomic E-state index is 11.6. The van der Waals surface area contributed by atoms with Crippen LogP contribution in [0, 0.1) is 6.92 Å². The van der Waals surface area contributed by atoms with Gasteiger partial charge in [-0.05, 0) is 13.3 Å². The average Bonchev–Trinajstić information content (AvgIpc) is 2.80. The van der Waals surface area contributed by atoms with Crippen molar-refractivity contribution < 1.29 is 24.0 Å². The van der Waals surface area contributed by atoms with Gasteiger partial charge in [0.05, 0.1) is 0 Å². The third kappa shape index (κ3) is 5.79. The summed E-state index contributed by atoms with van der Waals surface area (Å²) < 4.78 is 9.89. The van der Waals surface area contributed by atoms with Crippen LogP contribution in [0.1, 0.15) is 37.9 Å². The number of rotatable bonds is 9. The van der Waals surface area contributed by atoms with E-state index in [9.17, 15) is 9.59 Å².